The highest BCUT2D eigenvalue weighted by molar-refractivity contribution is 5.82. The Balaban J connectivity index is 0.00000156. The van der Waals surface area contributed by atoms with E-state index in [0.717, 1.165) is 22.3 Å². The van der Waals surface area contributed by atoms with E-state index in [4.69, 9.17) is 9.47 Å². The second-order valence-electron chi connectivity index (χ2n) is 11.2. The van der Waals surface area contributed by atoms with E-state index in [-0.39, 0.29) is 1.43 Å². The zero-order valence-corrected chi connectivity index (χ0v) is 28.5. The molecule has 2 saturated heterocycles. The Morgan fingerprint density at radius 1 is 0.574 bits per heavy atom. The number of fused-ring (bicyclic) bond motifs is 3. The Bertz CT molecular complexity index is 1320. The minimum atomic E-state index is -1.49. The summed E-state index contributed by atoms with van der Waals surface area (Å²) in [7, 11) is 0. The summed E-state index contributed by atoms with van der Waals surface area (Å²) in [6, 6.07) is 11.5. The van der Waals surface area contributed by atoms with Gasteiger partial charge in [-0.2, -0.15) is 0 Å². The SMILES string of the molecule is CC.CC.CC.CC1(C)c2cc(C#C[C@H]3O[C@H](CO)[C@@H](O)[C@H](O)[C@@H]3O)ccc2-c2ccc(C#C[C@H]3O[C@H](CO)[C@@H](O)[C@H](O)[C@@H]3O)cc21.[HH]. The quantitative estimate of drug-likeness (QED) is 0.222. The van der Waals surface area contributed by atoms with Gasteiger partial charge >= 0.3 is 0 Å². The summed E-state index contributed by atoms with van der Waals surface area (Å²) in [6.07, 6.45) is -13.0. The normalized spacial score (nSPS) is 31.2. The van der Waals surface area contributed by atoms with Gasteiger partial charge in [-0.25, -0.2) is 0 Å². The van der Waals surface area contributed by atoms with Gasteiger partial charge in [-0.3, -0.25) is 0 Å². The van der Waals surface area contributed by atoms with Gasteiger partial charge in [0.15, 0.2) is 0 Å². The second-order valence-corrected chi connectivity index (χ2v) is 11.2. The molecule has 1 aliphatic carbocycles. The molecule has 2 aromatic carbocycles. The Labute approximate surface area is 280 Å². The lowest BCUT2D eigenvalue weighted by Gasteiger charge is -2.37. The third-order valence-corrected chi connectivity index (χ3v) is 8.18. The number of aliphatic hydroxyl groups excluding tert-OH is 8. The molecule has 0 aromatic heterocycles. The highest BCUT2D eigenvalue weighted by Crippen LogP contribution is 2.49. The molecule has 2 aromatic rings. The number of aliphatic hydroxyl groups is 8. The van der Waals surface area contributed by atoms with Crippen LogP contribution in [0.2, 0.25) is 0 Å². The fourth-order valence-corrected chi connectivity index (χ4v) is 5.64. The maximum Gasteiger partial charge on any atom is 0.147 e. The van der Waals surface area contributed by atoms with E-state index in [2.05, 4.69) is 37.5 Å². The van der Waals surface area contributed by atoms with Crippen LogP contribution in [0.25, 0.3) is 11.1 Å². The number of hydrogen-bond acceptors (Lipinski definition) is 10. The molecule has 262 valence electrons. The molecule has 10 nitrogen and oxygen atoms in total. The van der Waals surface area contributed by atoms with E-state index in [0.29, 0.717) is 11.1 Å². The first-order valence-electron chi connectivity index (χ1n) is 16.4. The van der Waals surface area contributed by atoms with Crippen LogP contribution in [-0.2, 0) is 14.9 Å². The van der Waals surface area contributed by atoms with Crippen molar-refractivity contribution in [2.24, 2.45) is 0 Å². The summed E-state index contributed by atoms with van der Waals surface area (Å²) in [5.41, 5.74) is 4.98. The Morgan fingerprint density at radius 3 is 1.23 bits per heavy atom. The van der Waals surface area contributed by atoms with Crippen LogP contribution >= 0.6 is 0 Å². The molecule has 47 heavy (non-hydrogen) atoms. The molecule has 10 heteroatoms. The lowest BCUT2D eigenvalue weighted by molar-refractivity contribution is -0.214. The summed E-state index contributed by atoms with van der Waals surface area (Å²) in [6.45, 7) is 15.1. The third kappa shape index (κ3) is 8.43. The molecule has 8 N–H and O–H groups in total. The summed E-state index contributed by atoms with van der Waals surface area (Å²) in [5.74, 6) is 11.6. The topological polar surface area (TPSA) is 180 Å². The molecule has 0 spiro atoms. The number of benzene rings is 2. The molecule has 0 amide bonds. The molecule has 0 bridgehead atoms. The van der Waals surface area contributed by atoms with Crippen molar-refractivity contribution < 1.29 is 51.8 Å². The highest BCUT2D eigenvalue weighted by Gasteiger charge is 2.44. The van der Waals surface area contributed by atoms with Gasteiger partial charge in [0, 0.05) is 18.0 Å². The van der Waals surface area contributed by atoms with Gasteiger partial charge in [-0.05, 0) is 46.5 Å². The van der Waals surface area contributed by atoms with Gasteiger partial charge in [-0.15, -0.1) is 0 Å². The van der Waals surface area contributed by atoms with E-state index in [1.807, 2.05) is 77.9 Å². The van der Waals surface area contributed by atoms with Crippen molar-refractivity contribution in [3.05, 3.63) is 58.7 Å². The second kappa shape index (κ2) is 18.1. The molecule has 0 unspecified atom stereocenters. The molecule has 0 radical (unpaired) electrons. The zero-order chi connectivity index (χ0) is 35.6. The van der Waals surface area contributed by atoms with Crippen LogP contribution in [0.1, 0.15) is 79.1 Å². The first-order valence-corrected chi connectivity index (χ1v) is 16.4. The van der Waals surface area contributed by atoms with E-state index in [1.165, 1.54) is 0 Å². The fraction of sp³-hybridized carbons (Fsp3) is 0.568. The van der Waals surface area contributed by atoms with Crippen LogP contribution in [0, 0.1) is 23.7 Å². The van der Waals surface area contributed by atoms with Gasteiger partial charge in [0.05, 0.1) is 13.2 Å². The van der Waals surface area contributed by atoms with Crippen molar-refractivity contribution in [1.82, 2.24) is 0 Å². The standard InChI is InChI=1S/C31H34O10.3C2H6.H2/c1-31(2)19-11-15(5-9-21-25(34)29(38)27(36)23(13-32)40-21)3-7-17(19)18-8-4-16(12-20(18)31)6-10-22-26(35)30(39)28(37)24(14-33)41-22;3*1-2;/h3-4,7-8,11-12,21-30,32-39H,13-14H2,1-2H3;3*1-2H3;1H/t21-,22-,23-,24-,25-,26-,27-,28-,29-,30-;;;;/m1..../s1. The number of rotatable bonds is 2. The molecular formula is C37H54O10. The van der Waals surface area contributed by atoms with Crippen LogP contribution in [0.5, 0.6) is 0 Å². The monoisotopic (exact) mass is 658 g/mol. The first-order chi connectivity index (χ1) is 22.5. The lowest BCUT2D eigenvalue weighted by Crippen LogP contribution is -2.58. The van der Waals surface area contributed by atoms with Crippen molar-refractivity contribution in [2.45, 2.75) is 122 Å². The van der Waals surface area contributed by atoms with Crippen LogP contribution < -0.4 is 0 Å². The summed E-state index contributed by atoms with van der Waals surface area (Å²) in [5, 5.41) is 79.4. The average Bonchev–Trinajstić information content (AvgIpc) is 3.33. The maximum absolute atomic E-state index is 10.3. The molecule has 2 fully saturated rings. The number of ether oxygens (including phenoxy) is 2. The Kier molecular flexibility index (Phi) is 15.5. The van der Waals surface area contributed by atoms with Gasteiger partial charge in [-0.1, -0.05) is 91.2 Å². The zero-order valence-electron chi connectivity index (χ0n) is 28.5. The van der Waals surface area contributed by atoms with E-state index < -0.39 is 79.7 Å². The van der Waals surface area contributed by atoms with Crippen LogP contribution in [0.3, 0.4) is 0 Å². The average molecular weight is 659 g/mol. The largest absolute Gasteiger partial charge is 0.394 e. The van der Waals surface area contributed by atoms with Crippen molar-refractivity contribution in [3.8, 4) is 34.8 Å². The number of hydrogen-bond donors (Lipinski definition) is 8. The molecule has 2 heterocycles. The predicted molar refractivity (Wildman–Crippen MR) is 181 cm³/mol. The molecule has 5 rings (SSSR count). The molecule has 0 saturated carbocycles. The van der Waals surface area contributed by atoms with Crippen molar-refractivity contribution in [1.29, 1.82) is 0 Å². The van der Waals surface area contributed by atoms with Crippen LogP contribution in [0.15, 0.2) is 36.4 Å². The minimum absolute atomic E-state index is 0. The van der Waals surface area contributed by atoms with Gasteiger partial charge in [0.25, 0.3) is 0 Å². The van der Waals surface area contributed by atoms with Crippen LogP contribution in [0.4, 0.5) is 0 Å². The fourth-order valence-electron chi connectivity index (χ4n) is 5.64. The van der Waals surface area contributed by atoms with E-state index in [9.17, 15) is 40.9 Å². The smallest absolute Gasteiger partial charge is 0.147 e. The summed E-state index contributed by atoms with van der Waals surface area (Å²) < 4.78 is 11.0. The Hall–Kier alpha value is -2.84. The first kappa shape index (κ1) is 40.3. The summed E-state index contributed by atoms with van der Waals surface area (Å²) >= 11 is 0. The van der Waals surface area contributed by atoms with Crippen LogP contribution in [-0.4, -0.2) is 115 Å². The highest BCUT2D eigenvalue weighted by atomic mass is 16.5. The Morgan fingerprint density at radius 2 is 0.915 bits per heavy atom. The molecule has 2 aliphatic heterocycles. The van der Waals surface area contributed by atoms with Crippen molar-refractivity contribution in [2.75, 3.05) is 13.2 Å². The third-order valence-electron chi connectivity index (χ3n) is 8.18. The minimum Gasteiger partial charge on any atom is -0.394 e. The van der Waals surface area contributed by atoms with Gasteiger partial charge in [0.1, 0.15) is 61.0 Å². The van der Waals surface area contributed by atoms with E-state index in [1.54, 1.807) is 0 Å². The molecule has 10 atom stereocenters. The van der Waals surface area contributed by atoms with Gasteiger partial charge < -0.3 is 50.3 Å². The van der Waals surface area contributed by atoms with Crippen molar-refractivity contribution >= 4 is 0 Å². The maximum atomic E-state index is 10.3. The van der Waals surface area contributed by atoms with Gasteiger partial charge in [0.2, 0.25) is 0 Å². The predicted octanol–water partition coefficient (Wildman–Crippen LogP) is 1.71. The molecular weight excluding hydrogens is 604 g/mol. The lowest BCUT2D eigenvalue weighted by atomic mass is 9.81. The van der Waals surface area contributed by atoms with E-state index >= 15 is 0 Å². The summed E-state index contributed by atoms with van der Waals surface area (Å²) in [4.78, 5) is 0. The molecule has 3 aliphatic rings. The van der Waals surface area contributed by atoms with Crippen molar-refractivity contribution in [3.63, 3.8) is 0 Å².